The topological polar surface area (TPSA) is 88.8 Å². The lowest BCUT2D eigenvalue weighted by Gasteiger charge is -2.32. The Bertz CT molecular complexity index is 1140. The van der Waals surface area contributed by atoms with Crippen LogP contribution < -0.4 is 10.2 Å². The van der Waals surface area contributed by atoms with Gasteiger partial charge in [-0.3, -0.25) is 9.36 Å². The van der Waals surface area contributed by atoms with Crippen molar-refractivity contribution >= 4 is 28.2 Å². The first-order valence-corrected chi connectivity index (χ1v) is 11.0. The van der Waals surface area contributed by atoms with Crippen LogP contribution >= 0.6 is 11.3 Å². The number of hydrogen-bond donors (Lipinski definition) is 1. The predicted octanol–water partition coefficient (Wildman–Crippen LogP) is 3.64. The van der Waals surface area contributed by atoms with Crippen LogP contribution in [0, 0.1) is 5.92 Å². The van der Waals surface area contributed by atoms with Crippen LogP contribution in [0.3, 0.4) is 0 Å². The lowest BCUT2D eigenvalue weighted by molar-refractivity contribution is -0.120. The minimum absolute atomic E-state index is 0.00940. The van der Waals surface area contributed by atoms with Gasteiger partial charge in [-0.25, -0.2) is 9.97 Å². The second kappa shape index (κ2) is 8.65. The molecule has 8 nitrogen and oxygen atoms in total. The van der Waals surface area contributed by atoms with Gasteiger partial charge in [0.25, 0.3) is 0 Å². The maximum Gasteiger partial charge on any atom is 0.231 e. The number of imidazole rings is 1. The van der Waals surface area contributed by atoms with Crippen molar-refractivity contribution in [3.63, 3.8) is 0 Å². The van der Waals surface area contributed by atoms with Gasteiger partial charge in [0.2, 0.25) is 5.91 Å². The minimum Gasteiger partial charge on any atom is -0.354 e. The zero-order chi connectivity index (χ0) is 21.0. The lowest BCUT2D eigenvalue weighted by Crippen LogP contribution is -2.41. The van der Waals surface area contributed by atoms with E-state index in [1.54, 1.807) is 12.4 Å². The van der Waals surface area contributed by atoms with E-state index in [4.69, 9.17) is 0 Å². The van der Waals surface area contributed by atoms with Crippen LogP contribution in [0.5, 0.6) is 0 Å². The van der Waals surface area contributed by atoms with E-state index in [0.29, 0.717) is 17.5 Å². The molecule has 31 heavy (non-hydrogen) atoms. The number of hydrogen-bond acceptors (Lipinski definition) is 7. The summed E-state index contributed by atoms with van der Waals surface area (Å²) in [6.45, 7) is 1.47. The van der Waals surface area contributed by atoms with Gasteiger partial charge in [-0.1, -0.05) is 30.3 Å². The number of amides is 1. The SMILES string of the molecule is O=C(Nc1nccs1)C1CCCN(c2ccc(-n3ccnc3-c3ccccc3)nn2)C1. The number of carbonyl (C=O) groups is 1. The van der Waals surface area contributed by atoms with Crippen molar-refractivity contribution in [2.45, 2.75) is 12.8 Å². The van der Waals surface area contributed by atoms with Crippen LogP contribution in [0.1, 0.15) is 12.8 Å². The van der Waals surface area contributed by atoms with E-state index in [0.717, 1.165) is 36.6 Å². The van der Waals surface area contributed by atoms with E-state index in [-0.39, 0.29) is 11.8 Å². The lowest BCUT2D eigenvalue weighted by atomic mass is 9.97. The van der Waals surface area contributed by atoms with Gasteiger partial charge in [-0.15, -0.1) is 21.5 Å². The van der Waals surface area contributed by atoms with Crippen molar-refractivity contribution in [2.24, 2.45) is 5.92 Å². The van der Waals surface area contributed by atoms with Crippen LogP contribution in [-0.4, -0.2) is 43.7 Å². The summed E-state index contributed by atoms with van der Waals surface area (Å²) in [7, 11) is 0. The highest BCUT2D eigenvalue weighted by atomic mass is 32.1. The van der Waals surface area contributed by atoms with E-state index >= 15 is 0 Å². The van der Waals surface area contributed by atoms with Gasteiger partial charge in [0.05, 0.1) is 5.92 Å². The molecule has 4 heterocycles. The summed E-state index contributed by atoms with van der Waals surface area (Å²) in [4.78, 5) is 23.3. The van der Waals surface area contributed by atoms with Gasteiger partial charge in [0.1, 0.15) is 5.82 Å². The smallest absolute Gasteiger partial charge is 0.231 e. The van der Waals surface area contributed by atoms with Gasteiger partial charge in [-0.05, 0) is 25.0 Å². The fraction of sp³-hybridized carbons (Fsp3) is 0.227. The number of thiazole rings is 1. The largest absolute Gasteiger partial charge is 0.354 e. The van der Waals surface area contributed by atoms with E-state index in [2.05, 4.69) is 30.4 Å². The van der Waals surface area contributed by atoms with Crippen LogP contribution in [0.4, 0.5) is 10.9 Å². The fourth-order valence-corrected chi connectivity index (χ4v) is 4.33. The molecule has 0 aliphatic carbocycles. The molecule has 1 saturated heterocycles. The Kier molecular flexibility index (Phi) is 5.40. The van der Waals surface area contributed by atoms with Crippen molar-refractivity contribution in [1.29, 1.82) is 0 Å². The molecule has 1 aliphatic heterocycles. The normalized spacial score (nSPS) is 16.3. The number of rotatable bonds is 5. The summed E-state index contributed by atoms with van der Waals surface area (Å²) in [6.07, 6.45) is 7.11. The van der Waals surface area contributed by atoms with Crippen LogP contribution in [0.15, 0.2) is 66.4 Å². The summed E-state index contributed by atoms with van der Waals surface area (Å²) in [6, 6.07) is 13.9. The van der Waals surface area contributed by atoms with Crippen molar-refractivity contribution in [3.8, 4) is 17.2 Å². The molecule has 1 unspecified atom stereocenters. The Morgan fingerprint density at radius 2 is 1.87 bits per heavy atom. The highest BCUT2D eigenvalue weighted by Crippen LogP contribution is 2.25. The molecule has 4 aromatic rings. The summed E-state index contributed by atoms with van der Waals surface area (Å²) >= 11 is 1.43. The molecule has 0 bridgehead atoms. The molecule has 0 spiro atoms. The first-order chi connectivity index (χ1) is 15.3. The highest BCUT2D eigenvalue weighted by Gasteiger charge is 2.27. The quantitative estimate of drug-likeness (QED) is 0.519. The van der Waals surface area contributed by atoms with Gasteiger partial charge < -0.3 is 10.2 Å². The number of aromatic nitrogens is 5. The minimum atomic E-state index is -0.0996. The second-order valence-corrected chi connectivity index (χ2v) is 8.24. The van der Waals surface area contributed by atoms with Crippen LogP contribution in [0.25, 0.3) is 17.2 Å². The average Bonchev–Trinajstić information content (AvgIpc) is 3.52. The van der Waals surface area contributed by atoms with Crippen molar-refractivity contribution in [3.05, 3.63) is 66.4 Å². The number of nitrogens with one attached hydrogen (secondary N) is 1. The molecule has 1 N–H and O–H groups in total. The van der Waals surface area contributed by atoms with E-state index in [9.17, 15) is 4.79 Å². The molecular formula is C22H21N7OS. The van der Waals surface area contributed by atoms with Crippen molar-refractivity contribution in [2.75, 3.05) is 23.3 Å². The Labute approximate surface area is 183 Å². The fourth-order valence-electron chi connectivity index (χ4n) is 3.80. The first-order valence-electron chi connectivity index (χ1n) is 10.2. The Hall–Kier alpha value is -3.59. The number of nitrogens with zero attached hydrogens (tertiary/aromatic N) is 6. The molecule has 1 aliphatic rings. The third-order valence-electron chi connectivity index (χ3n) is 5.33. The van der Waals surface area contributed by atoms with E-state index < -0.39 is 0 Å². The van der Waals surface area contributed by atoms with Gasteiger partial charge in [-0.2, -0.15) is 0 Å². The summed E-state index contributed by atoms with van der Waals surface area (Å²) < 4.78 is 1.92. The standard InChI is InChI=1S/C22H21N7OS/c30-21(25-22-24-11-14-31-22)17-7-4-12-28(15-17)18-8-9-19(27-26-18)29-13-10-23-20(29)16-5-2-1-3-6-16/h1-3,5-6,8-11,13-14,17H,4,7,12,15H2,(H,24,25,30). The zero-order valence-corrected chi connectivity index (χ0v) is 17.6. The Morgan fingerprint density at radius 1 is 1.03 bits per heavy atom. The predicted molar refractivity (Wildman–Crippen MR) is 120 cm³/mol. The first kappa shape index (κ1) is 19.4. The van der Waals surface area contributed by atoms with Gasteiger partial charge in [0.15, 0.2) is 16.8 Å². The van der Waals surface area contributed by atoms with E-state index in [1.807, 2.05) is 58.6 Å². The molecule has 1 aromatic carbocycles. The van der Waals surface area contributed by atoms with Crippen LogP contribution in [-0.2, 0) is 4.79 Å². The highest BCUT2D eigenvalue weighted by molar-refractivity contribution is 7.13. The molecular weight excluding hydrogens is 410 g/mol. The Balaban J connectivity index is 1.30. The van der Waals surface area contributed by atoms with Crippen LogP contribution in [0.2, 0.25) is 0 Å². The monoisotopic (exact) mass is 431 g/mol. The summed E-state index contributed by atoms with van der Waals surface area (Å²) in [5, 5.41) is 14.3. The van der Waals surface area contributed by atoms with Gasteiger partial charge >= 0.3 is 0 Å². The summed E-state index contributed by atoms with van der Waals surface area (Å²) in [5.74, 6) is 2.21. The third-order valence-corrected chi connectivity index (χ3v) is 6.02. The van der Waals surface area contributed by atoms with Crippen molar-refractivity contribution < 1.29 is 4.79 Å². The number of piperidine rings is 1. The zero-order valence-electron chi connectivity index (χ0n) is 16.8. The summed E-state index contributed by atoms with van der Waals surface area (Å²) in [5.41, 5.74) is 1.02. The maximum atomic E-state index is 12.6. The molecule has 0 radical (unpaired) electrons. The number of benzene rings is 1. The second-order valence-electron chi connectivity index (χ2n) is 7.35. The number of anilines is 2. The molecule has 0 saturated carbocycles. The molecule has 5 rings (SSSR count). The third kappa shape index (κ3) is 4.17. The van der Waals surface area contributed by atoms with Crippen molar-refractivity contribution in [1.82, 2.24) is 24.7 Å². The average molecular weight is 432 g/mol. The van der Waals surface area contributed by atoms with Gasteiger partial charge in [0, 0.05) is 42.6 Å². The molecule has 156 valence electrons. The van der Waals surface area contributed by atoms with E-state index in [1.165, 1.54) is 11.3 Å². The molecule has 1 fully saturated rings. The maximum absolute atomic E-state index is 12.6. The molecule has 1 atom stereocenters. The molecule has 3 aromatic heterocycles. The molecule has 9 heteroatoms. The Morgan fingerprint density at radius 3 is 2.65 bits per heavy atom. The number of carbonyl (C=O) groups excluding carboxylic acids is 1. The molecule has 1 amide bonds.